The van der Waals surface area contributed by atoms with Gasteiger partial charge in [0.15, 0.2) is 0 Å². The van der Waals surface area contributed by atoms with Crippen LogP contribution in [0.25, 0.3) is 0 Å². The zero-order chi connectivity index (χ0) is 12.3. The van der Waals surface area contributed by atoms with Crippen LogP contribution in [0.2, 0.25) is 0 Å². The molecule has 0 fully saturated rings. The van der Waals surface area contributed by atoms with Gasteiger partial charge in [0.1, 0.15) is 12.3 Å². The van der Waals surface area contributed by atoms with Gasteiger partial charge in [-0.05, 0) is 23.5 Å². The summed E-state index contributed by atoms with van der Waals surface area (Å²) in [5, 5.41) is 0. The average molecular weight is 230 g/mol. The Balaban J connectivity index is 2.26. The molecule has 1 heterocycles. The summed E-state index contributed by atoms with van der Waals surface area (Å²) in [5.74, 6) is 0.395. The standard InChI is InChI=1S/C14H18N2O/c1-10(2)14-12(13(9-17)15-16-14)8-11-6-4-3-5-7-11/h3-7,9-10,13,15-16H,8H2,1-2H3. The smallest absolute Gasteiger partial charge is 0.142 e. The largest absolute Gasteiger partial charge is 0.324 e. The maximum absolute atomic E-state index is 11.0. The second-order valence-electron chi connectivity index (χ2n) is 4.64. The summed E-state index contributed by atoms with van der Waals surface area (Å²) < 4.78 is 0. The van der Waals surface area contributed by atoms with Gasteiger partial charge in [-0.1, -0.05) is 44.2 Å². The molecule has 0 saturated carbocycles. The van der Waals surface area contributed by atoms with Gasteiger partial charge < -0.3 is 10.2 Å². The minimum Gasteiger partial charge on any atom is -0.324 e. The van der Waals surface area contributed by atoms with Gasteiger partial charge in [-0.25, -0.2) is 5.43 Å². The number of carbonyl (C=O) groups excluding carboxylic acids is 1. The van der Waals surface area contributed by atoms with Gasteiger partial charge >= 0.3 is 0 Å². The molecule has 2 rings (SSSR count). The van der Waals surface area contributed by atoms with Crippen LogP contribution in [0, 0.1) is 5.92 Å². The number of aldehydes is 1. The Morgan fingerprint density at radius 3 is 2.59 bits per heavy atom. The fraction of sp³-hybridized carbons (Fsp3) is 0.357. The van der Waals surface area contributed by atoms with Crippen LogP contribution in [0.4, 0.5) is 0 Å². The lowest BCUT2D eigenvalue weighted by Gasteiger charge is -2.11. The lowest BCUT2D eigenvalue weighted by Crippen LogP contribution is -2.34. The molecule has 1 unspecified atom stereocenters. The lowest BCUT2D eigenvalue weighted by molar-refractivity contribution is -0.108. The summed E-state index contributed by atoms with van der Waals surface area (Å²) in [6.45, 7) is 4.25. The second kappa shape index (κ2) is 5.15. The van der Waals surface area contributed by atoms with Crippen molar-refractivity contribution in [3.63, 3.8) is 0 Å². The van der Waals surface area contributed by atoms with Crippen LogP contribution >= 0.6 is 0 Å². The van der Waals surface area contributed by atoms with Crippen molar-refractivity contribution in [3.05, 3.63) is 47.2 Å². The van der Waals surface area contributed by atoms with Crippen molar-refractivity contribution in [2.75, 3.05) is 0 Å². The molecular weight excluding hydrogens is 212 g/mol. The maximum atomic E-state index is 11.0. The Kier molecular flexibility index (Phi) is 3.59. The molecular formula is C14H18N2O. The Morgan fingerprint density at radius 2 is 2.00 bits per heavy atom. The van der Waals surface area contributed by atoms with Gasteiger partial charge in [0.2, 0.25) is 0 Å². The van der Waals surface area contributed by atoms with E-state index in [2.05, 4.69) is 36.8 Å². The predicted molar refractivity (Wildman–Crippen MR) is 68.1 cm³/mol. The van der Waals surface area contributed by atoms with Crippen molar-refractivity contribution in [2.24, 2.45) is 5.92 Å². The number of nitrogens with one attached hydrogen (secondary N) is 2. The number of hydrogen-bond donors (Lipinski definition) is 2. The third-order valence-corrected chi connectivity index (χ3v) is 3.03. The van der Waals surface area contributed by atoms with Gasteiger partial charge in [-0.3, -0.25) is 0 Å². The van der Waals surface area contributed by atoms with Crippen molar-refractivity contribution in [1.29, 1.82) is 0 Å². The Morgan fingerprint density at radius 1 is 1.29 bits per heavy atom. The summed E-state index contributed by atoms with van der Waals surface area (Å²) >= 11 is 0. The lowest BCUT2D eigenvalue weighted by atomic mass is 9.95. The minimum atomic E-state index is -0.201. The maximum Gasteiger partial charge on any atom is 0.142 e. The summed E-state index contributed by atoms with van der Waals surface area (Å²) in [5.41, 5.74) is 9.67. The normalized spacial score (nSPS) is 19.6. The van der Waals surface area contributed by atoms with E-state index >= 15 is 0 Å². The van der Waals surface area contributed by atoms with Crippen LogP contribution in [-0.2, 0) is 11.2 Å². The number of allylic oxidation sites excluding steroid dienone is 1. The molecule has 1 aliphatic heterocycles. The molecule has 2 N–H and O–H groups in total. The zero-order valence-corrected chi connectivity index (χ0v) is 10.2. The van der Waals surface area contributed by atoms with E-state index in [4.69, 9.17) is 0 Å². The molecule has 1 aliphatic rings. The molecule has 17 heavy (non-hydrogen) atoms. The van der Waals surface area contributed by atoms with Crippen LogP contribution in [-0.4, -0.2) is 12.3 Å². The fourth-order valence-corrected chi connectivity index (χ4v) is 2.14. The second-order valence-corrected chi connectivity index (χ2v) is 4.64. The van der Waals surface area contributed by atoms with Gasteiger partial charge in [-0.2, -0.15) is 0 Å². The summed E-state index contributed by atoms with van der Waals surface area (Å²) in [6, 6.07) is 10.0. The van der Waals surface area contributed by atoms with Crippen molar-refractivity contribution < 1.29 is 4.79 Å². The molecule has 3 nitrogen and oxygen atoms in total. The first kappa shape index (κ1) is 11.9. The van der Waals surface area contributed by atoms with E-state index < -0.39 is 0 Å². The Labute approximate surface area is 102 Å². The van der Waals surface area contributed by atoms with E-state index in [1.807, 2.05) is 18.2 Å². The van der Waals surface area contributed by atoms with Gasteiger partial charge in [0.05, 0.1) is 0 Å². The fourth-order valence-electron chi connectivity index (χ4n) is 2.14. The van der Waals surface area contributed by atoms with E-state index in [-0.39, 0.29) is 6.04 Å². The number of hydrogen-bond acceptors (Lipinski definition) is 3. The van der Waals surface area contributed by atoms with Crippen LogP contribution in [0.3, 0.4) is 0 Å². The SMILES string of the molecule is CC(C)C1=C(Cc2ccccc2)C(C=O)NN1. The molecule has 0 bridgehead atoms. The topological polar surface area (TPSA) is 41.1 Å². The molecule has 1 aromatic carbocycles. The van der Waals surface area contributed by atoms with Crippen molar-refractivity contribution >= 4 is 6.29 Å². The summed E-state index contributed by atoms with van der Waals surface area (Å²) in [7, 11) is 0. The molecule has 1 atom stereocenters. The quantitative estimate of drug-likeness (QED) is 0.775. The van der Waals surface area contributed by atoms with Crippen LogP contribution in [0.15, 0.2) is 41.6 Å². The molecule has 0 aromatic heterocycles. The third-order valence-electron chi connectivity index (χ3n) is 3.03. The Hall–Kier alpha value is -1.61. The Bertz CT molecular complexity index is 423. The molecule has 0 aliphatic carbocycles. The average Bonchev–Trinajstić information content (AvgIpc) is 2.73. The minimum absolute atomic E-state index is 0.201. The van der Waals surface area contributed by atoms with E-state index in [0.29, 0.717) is 5.92 Å². The van der Waals surface area contributed by atoms with Crippen LogP contribution in [0.1, 0.15) is 19.4 Å². The zero-order valence-electron chi connectivity index (χ0n) is 10.2. The van der Waals surface area contributed by atoms with Gasteiger partial charge in [0.25, 0.3) is 0 Å². The highest BCUT2D eigenvalue weighted by atomic mass is 16.1. The molecule has 0 radical (unpaired) electrons. The summed E-state index contributed by atoms with van der Waals surface area (Å²) in [6.07, 6.45) is 1.78. The highest BCUT2D eigenvalue weighted by molar-refractivity contribution is 5.65. The van der Waals surface area contributed by atoms with E-state index in [0.717, 1.165) is 24.0 Å². The van der Waals surface area contributed by atoms with Crippen molar-refractivity contribution in [2.45, 2.75) is 26.3 Å². The molecule has 90 valence electrons. The van der Waals surface area contributed by atoms with Gasteiger partial charge in [-0.15, -0.1) is 0 Å². The van der Waals surface area contributed by atoms with Crippen LogP contribution in [0.5, 0.6) is 0 Å². The number of benzene rings is 1. The highest BCUT2D eigenvalue weighted by Gasteiger charge is 2.25. The number of hydrazine groups is 1. The van der Waals surface area contributed by atoms with E-state index in [1.54, 1.807) is 0 Å². The molecule has 3 heteroatoms. The van der Waals surface area contributed by atoms with Crippen LogP contribution < -0.4 is 10.9 Å². The summed E-state index contributed by atoms with van der Waals surface area (Å²) in [4.78, 5) is 11.0. The molecule has 0 spiro atoms. The first-order valence-electron chi connectivity index (χ1n) is 5.96. The highest BCUT2D eigenvalue weighted by Crippen LogP contribution is 2.22. The molecule has 0 saturated heterocycles. The van der Waals surface area contributed by atoms with E-state index in [1.165, 1.54) is 5.56 Å². The molecule has 0 amide bonds. The predicted octanol–water partition coefficient (Wildman–Crippen LogP) is 1.81. The van der Waals surface area contributed by atoms with Crippen molar-refractivity contribution in [3.8, 4) is 0 Å². The number of rotatable bonds is 4. The first-order valence-corrected chi connectivity index (χ1v) is 5.96. The van der Waals surface area contributed by atoms with Crippen molar-refractivity contribution in [1.82, 2.24) is 10.9 Å². The van der Waals surface area contributed by atoms with Gasteiger partial charge in [0, 0.05) is 5.70 Å². The van der Waals surface area contributed by atoms with E-state index in [9.17, 15) is 4.79 Å². The number of carbonyl (C=O) groups is 1. The molecule has 1 aromatic rings. The third kappa shape index (κ3) is 2.56. The monoisotopic (exact) mass is 230 g/mol. The first-order chi connectivity index (χ1) is 8.22.